The van der Waals surface area contributed by atoms with Gasteiger partial charge in [-0.05, 0) is 46.9 Å². The topological polar surface area (TPSA) is 56.3 Å². The van der Waals surface area contributed by atoms with Gasteiger partial charge in [0.15, 0.2) is 0 Å². The normalized spacial score (nSPS) is 10.1. The molecule has 5 nitrogen and oxygen atoms in total. The van der Waals surface area contributed by atoms with Gasteiger partial charge in [0, 0.05) is 9.26 Å². The van der Waals surface area contributed by atoms with Crippen LogP contribution >= 0.6 is 22.6 Å². The number of nitrogens with zero attached hydrogens (tertiary/aromatic N) is 2. The first-order valence-electron chi connectivity index (χ1n) is 5.66. The Morgan fingerprint density at radius 2 is 1.63 bits per heavy atom. The standard InChI is InChI=1S/C13H14IN3O2/c1-18-12-11(13(19-2)17-8-16-12)7-15-10-5-3-9(14)4-6-10/h3-6,8,15H,7H2,1-2H3. The summed E-state index contributed by atoms with van der Waals surface area (Å²) in [5.41, 5.74) is 1.82. The van der Waals surface area contributed by atoms with Crippen LogP contribution in [0.5, 0.6) is 11.8 Å². The van der Waals surface area contributed by atoms with Gasteiger partial charge in [-0.3, -0.25) is 0 Å². The van der Waals surface area contributed by atoms with Crippen molar-refractivity contribution in [2.24, 2.45) is 0 Å². The number of ether oxygens (including phenoxy) is 2. The van der Waals surface area contributed by atoms with Gasteiger partial charge in [-0.25, -0.2) is 9.97 Å². The molecule has 1 N–H and O–H groups in total. The summed E-state index contributed by atoms with van der Waals surface area (Å²) >= 11 is 2.27. The third kappa shape index (κ3) is 3.46. The molecule has 0 amide bonds. The van der Waals surface area contributed by atoms with Crippen molar-refractivity contribution >= 4 is 28.3 Å². The van der Waals surface area contributed by atoms with Crippen LogP contribution in [0.1, 0.15) is 5.56 Å². The van der Waals surface area contributed by atoms with E-state index in [-0.39, 0.29) is 0 Å². The van der Waals surface area contributed by atoms with Crippen molar-refractivity contribution in [3.8, 4) is 11.8 Å². The Morgan fingerprint density at radius 3 is 2.16 bits per heavy atom. The van der Waals surface area contributed by atoms with Crippen LogP contribution in [0.15, 0.2) is 30.6 Å². The Hall–Kier alpha value is -1.57. The summed E-state index contributed by atoms with van der Waals surface area (Å²) in [6.45, 7) is 0.535. The SMILES string of the molecule is COc1ncnc(OC)c1CNc1ccc(I)cc1. The molecule has 0 saturated heterocycles. The first-order valence-corrected chi connectivity index (χ1v) is 6.73. The number of rotatable bonds is 5. The molecule has 0 radical (unpaired) electrons. The molecular formula is C13H14IN3O2. The minimum atomic E-state index is 0.518. The Bertz CT molecular complexity index is 524. The Balaban J connectivity index is 2.16. The molecule has 0 atom stereocenters. The summed E-state index contributed by atoms with van der Waals surface area (Å²) in [6.07, 6.45) is 1.42. The average molecular weight is 371 g/mol. The summed E-state index contributed by atoms with van der Waals surface area (Å²) in [5.74, 6) is 1.04. The molecule has 0 spiro atoms. The van der Waals surface area contributed by atoms with Crippen LogP contribution in [-0.4, -0.2) is 24.2 Å². The van der Waals surface area contributed by atoms with Gasteiger partial charge in [0.05, 0.1) is 26.3 Å². The number of anilines is 1. The lowest BCUT2D eigenvalue weighted by Gasteiger charge is -2.12. The number of benzene rings is 1. The number of halogens is 1. The third-order valence-electron chi connectivity index (χ3n) is 2.57. The van der Waals surface area contributed by atoms with E-state index in [4.69, 9.17) is 9.47 Å². The summed E-state index contributed by atoms with van der Waals surface area (Å²) in [5, 5.41) is 3.29. The first kappa shape index (κ1) is 13.9. The second-order valence-electron chi connectivity index (χ2n) is 3.73. The molecule has 0 unspecified atom stereocenters. The van der Waals surface area contributed by atoms with E-state index in [1.54, 1.807) is 14.2 Å². The van der Waals surface area contributed by atoms with Crippen molar-refractivity contribution in [3.05, 3.63) is 39.7 Å². The predicted molar refractivity (Wildman–Crippen MR) is 81.6 cm³/mol. The highest BCUT2D eigenvalue weighted by Crippen LogP contribution is 2.24. The van der Waals surface area contributed by atoms with Gasteiger partial charge < -0.3 is 14.8 Å². The van der Waals surface area contributed by atoms with E-state index in [0.29, 0.717) is 18.3 Å². The molecule has 0 bridgehead atoms. The fourth-order valence-electron chi connectivity index (χ4n) is 1.64. The maximum atomic E-state index is 5.22. The van der Waals surface area contributed by atoms with Crippen LogP contribution in [0.25, 0.3) is 0 Å². The molecule has 0 fully saturated rings. The van der Waals surface area contributed by atoms with Crippen LogP contribution < -0.4 is 14.8 Å². The van der Waals surface area contributed by atoms with E-state index in [1.165, 1.54) is 9.90 Å². The Morgan fingerprint density at radius 1 is 1.05 bits per heavy atom. The van der Waals surface area contributed by atoms with E-state index in [9.17, 15) is 0 Å². The number of hydrogen-bond acceptors (Lipinski definition) is 5. The average Bonchev–Trinajstić information content (AvgIpc) is 2.46. The molecule has 1 aromatic carbocycles. The van der Waals surface area contributed by atoms with Crippen molar-refractivity contribution in [3.63, 3.8) is 0 Å². The van der Waals surface area contributed by atoms with Gasteiger partial charge in [0.2, 0.25) is 11.8 Å². The van der Waals surface area contributed by atoms with Crippen molar-refractivity contribution in [1.82, 2.24) is 9.97 Å². The third-order valence-corrected chi connectivity index (χ3v) is 3.29. The smallest absolute Gasteiger partial charge is 0.225 e. The van der Waals surface area contributed by atoms with Crippen LogP contribution in [-0.2, 0) is 6.54 Å². The maximum Gasteiger partial charge on any atom is 0.225 e. The van der Waals surface area contributed by atoms with Crippen LogP contribution in [0, 0.1) is 3.57 Å². The quantitative estimate of drug-likeness (QED) is 0.820. The second-order valence-corrected chi connectivity index (χ2v) is 4.98. The van der Waals surface area contributed by atoms with Crippen LogP contribution in [0.3, 0.4) is 0 Å². The number of hydrogen-bond donors (Lipinski definition) is 1. The first-order chi connectivity index (χ1) is 9.24. The number of nitrogens with one attached hydrogen (secondary N) is 1. The molecule has 0 aliphatic carbocycles. The van der Waals surface area contributed by atoms with Gasteiger partial charge >= 0.3 is 0 Å². The van der Waals surface area contributed by atoms with E-state index in [1.807, 2.05) is 24.3 Å². The molecule has 1 aromatic heterocycles. The molecule has 0 aliphatic heterocycles. The fourth-order valence-corrected chi connectivity index (χ4v) is 2.00. The summed E-state index contributed by atoms with van der Waals surface area (Å²) in [7, 11) is 3.16. The van der Waals surface area contributed by atoms with Crippen molar-refractivity contribution in [2.45, 2.75) is 6.54 Å². The molecule has 6 heteroatoms. The highest BCUT2D eigenvalue weighted by molar-refractivity contribution is 14.1. The van der Waals surface area contributed by atoms with Crippen LogP contribution in [0.4, 0.5) is 5.69 Å². The van der Waals surface area contributed by atoms with Gasteiger partial charge in [0.1, 0.15) is 6.33 Å². The number of aromatic nitrogens is 2. The zero-order chi connectivity index (χ0) is 13.7. The lowest BCUT2D eigenvalue weighted by atomic mass is 10.2. The second kappa shape index (κ2) is 6.55. The minimum absolute atomic E-state index is 0.518. The van der Waals surface area contributed by atoms with E-state index in [0.717, 1.165) is 11.3 Å². The fraction of sp³-hybridized carbons (Fsp3) is 0.231. The Labute approximate surface area is 125 Å². The molecule has 100 valence electrons. The zero-order valence-corrected chi connectivity index (χ0v) is 12.8. The summed E-state index contributed by atoms with van der Waals surface area (Å²) in [6, 6.07) is 8.12. The predicted octanol–water partition coefficient (Wildman–Crippen LogP) is 2.71. The van der Waals surface area contributed by atoms with E-state index < -0.39 is 0 Å². The lowest BCUT2D eigenvalue weighted by molar-refractivity contribution is 0.363. The molecular weight excluding hydrogens is 357 g/mol. The minimum Gasteiger partial charge on any atom is -0.481 e. The van der Waals surface area contributed by atoms with Crippen molar-refractivity contribution < 1.29 is 9.47 Å². The molecule has 2 rings (SSSR count). The van der Waals surface area contributed by atoms with Gasteiger partial charge in [0.25, 0.3) is 0 Å². The van der Waals surface area contributed by atoms with Crippen LogP contribution in [0.2, 0.25) is 0 Å². The van der Waals surface area contributed by atoms with E-state index in [2.05, 4.69) is 37.9 Å². The molecule has 1 heterocycles. The maximum absolute atomic E-state index is 5.22. The van der Waals surface area contributed by atoms with Gasteiger partial charge in [-0.15, -0.1) is 0 Å². The summed E-state index contributed by atoms with van der Waals surface area (Å²) < 4.78 is 11.6. The Kier molecular flexibility index (Phi) is 4.78. The highest BCUT2D eigenvalue weighted by Gasteiger charge is 2.12. The molecule has 0 aliphatic rings. The zero-order valence-electron chi connectivity index (χ0n) is 10.7. The summed E-state index contributed by atoms with van der Waals surface area (Å²) in [4.78, 5) is 8.16. The molecule has 0 saturated carbocycles. The largest absolute Gasteiger partial charge is 0.481 e. The highest BCUT2D eigenvalue weighted by atomic mass is 127. The lowest BCUT2D eigenvalue weighted by Crippen LogP contribution is -2.06. The monoisotopic (exact) mass is 371 g/mol. The molecule has 2 aromatic rings. The van der Waals surface area contributed by atoms with Gasteiger partial charge in [-0.2, -0.15) is 0 Å². The van der Waals surface area contributed by atoms with E-state index >= 15 is 0 Å². The molecule has 19 heavy (non-hydrogen) atoms. The van der Waals surface area contributed by atoms with Crippen molar-refractivity contribution in [2.75, 3.05) is 19.5 Å². The van der Waals surface area contributed by atoms with Gasteiger partial charge in [-0.1, -0.05) is 0 Å². The van der Waals surface area contributed by atoms with Crippen molar-refractivity contribution in [1.29, 1.82) is 0 Å². The number of methoxy groups -OCH3 is 2.